The molecule has 138 valence electrons. The number of amides is 2. The molecule has 1 saturated heterocycles. The van der Waals surface area contributed by atoms with E-state index in [0.717, 1.165) is 43.6 Å². The molecule has 2 fully saturated rings. The molecule has 1 saturated carbocycles. The zero-order chi connectivity index (χ0) is 17.6. The van der Waals surface area contributed by atoms with Gasteiger partial charge < -0.3 is 15.1 Å². The highest BCUT2D eigenvalue weighted by molar-refractivity contribution is 7.15. The highest BCUT2D eigenvalue weighted by Crippen LogP contribution is 2.16. The molecule has 1 aliphatic carbocycles. The molecule has 0 unspecified atom stereocenters. The van der Waals surface area contributed by atoms with Gasteiger partial charge in [0.15, 0.2) is 0 Å². The molecule has 0 atom stereocenters. The third kappa shape index (κ3) is 4.98. The Hall–Kier alpha value is -1.54. The number of aryl methyl sites for hydroxylation is 1. The van der Waals surface area contributed by atoms with Crippen molar-refractivity contribution in [3.05, 3.63) is 5.01 Å². The van der Waals surface area contributed by atoms with E-state index in [4.69, 9.17) is 0 Å². The second-order valence-corrected chi connectivity index (χ2v) is 7.99. The predicted molar refractivity (Wildman–Crippen MR) is 96.7 cm³/mol. The number of carbonyl (C=O) groups is 2. The quantitative estimate of drug-likeness (QED) is 0.768. The van der Waals surface area contributed by atoms with Gasteiger partial charge in [0.05, 0.1) is 32.2 Å². The molecule has 0 aromatic carbocycles. The van der Waals surface area contributed by atoms with E-state index < -0.39 is 0 Å². The lowest BCUT2D eigenvalue weighted by Gasteiger charge is -2.35. The lowest BCUT2D eigenvalue weighted by Crippen LogP contribution is -3.18. The number of rotatable bonds is 6. The van der Waals surface area contributed by atoms with E-state index in [9.17, 15) is 9.59 Å². The summed E-state index contributed by atoms with van der Waals surface area (Å²) in [6.45, 7) is 5.74. The minimum atomic E-state index is -0.164. The van der Waals surface area contributed by atoms with Crippen LogP contribution >= 0.6 is 11.3 Å². The van der Waals surface area contributed by atoms with Crippen LogP contribution in [0.1, 0.15) is 50.5 Å². The van der Waals surface area contributed by atoms with Gasteiger partial charge in [-0.3, -0.25) is 9.59 Å². The van der Waals surface area contributed by atoms with E-state index in [-0.39, 0.29) is 24.7 Å². The Labute approximate surface area is 152 Å². The van der Waals surface area contributed by atoms with Gasteiger partial charge in [-0.25, -0.2) is 0 Å². The van der Waals surface area contributed by atoms with Crippen LogP contribution in [0.5, 0.6) is 0 Å². The fraction of sp³-hybridized carbons (Fsp3) is 0.765. The molecule has 2 aliphatic rings. The van der Waals surface area contributed by atoms with Crippen LogP contribution in [0.25, 0.3) is 0 Å². The van der Waals surface area contributed by atoms with Crippen LogP contribution in [0.4, 0.5) is 5.13 Å². The Bertz CT molecular complexity index is 592. The summed E-state index contributed by atoms with van der Waals surface area (Å²) in [5.74, 6) is -0.0745. The van der Waals surface area contributed by atoms with Crippen molar-refractivity contribution < 1.29 is 14.5 Å². The number of hydrogen-bond acceptors (Lipinski definition) is 5. The lowest BCUT2D eigenvalue weighted by atomic mass is 10.1. The number of nitrogens with one attached hydrogen (secondary N) is 2. The van der Waals surface area contributed by atoms with Gasteiger partial charge in [-0.05, 0) is 32.1 Å². The highest BCUT2D eigenvalue weighted by Gasteiger charge is 2.30. The second-order valence-electron chi connectivity index (χ2n) is 6.92. The maximum atomic E-state index is 12.3. The summed E-state index contributed by atoms with van der Waals surface area (Å²) >= 11 is 1.38. The van der Waals surface area contributed by atoms with Crippen molar-refractivity contribution in [3.63, 3.8) is 0 Å². The Balaban J connectivity index is 1.37. The summed E-state index contributed by atoms with van der Waals surface area (Å²) in [5, 5.41) is 12.0. The Kier molecular flexibility index (Phi) is 6.36. The summed E-state index contributed by atoms with van der Waals surface area (Å²) in [4.78, 5) is 27.9. The summed E-state index contributed by atoms with van der Waals surface area (Å²) in [5.41, 5.74) is 0. The van der Waals surface area contributed by atoms with Crippen LogP contribution in [-0.2, 0) is 16.0 Å². The second kappa shape index (κ2) is 8.71. The van der Waals surface area contributed by atoms with Gasteiger partial charge in [-0.2, -0.15) is 0 Å². The fourth-order valence-electron chi connectivity index (χ4n) is 3.79. The molecule has 1 aromatic rings. The number of nitrogens with zero attached hydrogens (tertiary/aromatic N) is 3. The van der Waals surface area contributed by atoms with Crippen molar-refractivity contribution in [1.82, 2.24) is 15.1 Å². The average Bonchev–Trinajstić information content (AvgIpc) is 3.31. The molecule has 25 heavy (non-hydrogen) atoms. The molecule has 0 radical (unpaired) electrons. The standard InChI is InChI=1S/C17H27N5O2S/c1-2-15-19-20-17(25-15)18-14(23)7-8-16(24)22-11-9-21(10-12-22)13-5-3-4-6-13/h13H,2-12H2,1H3,(H,18,20,23)/p+1. The number of anilines is 1. The van der Waals surface area contributed by atoms with Gasteiger partial charge in [0.25, 0.3) is 0 Å². The van der Waals surface area contributed by atoms with Crippen molar-refractivity contribution in [2.45, 2.75) is 57.9 Å². The average molecular weight is 367 g/mol. The van der Waals surface area contributed by atoms with Gasteiger partial charge in [-0.1, -0.05) is 18.3 Å². The fourth-order valence-corrected chi connectivity index (χ4v) is 4.49. The first kappa shape index (κ1) is 18.3. The molecule has 0 bridgehead atoms. The van der Waals surface area contributed by atoms with Crippen LogP contribution in [0.3, 0.4) is 0 Å². The Morgan fingerprint density at radius 1 is 1.20 bits per heavy atom. The molecule has 7 nitrogen and oxygen atoms in total. The van der Waals surface area contributed by atoms with E-state index in [2.05, 4.69) is 15.5 Å². The Morgan fingerprint density at radius 2 is 1.92 bits per heavy atom. The first-order valence-electron chi connectivity index (χ1n) is 9.40. The summed E-state index contributed by atoms with van der Waals surface area (Å²) < 4.78 is 0. The summed E-state index contributed by atoms with van der Waals surface area (Å²) in [7, 11) is 0. The third-order valence-electron chi connectivity index (χ3n) is 5.27. The van der Waals surface area contributed by atoms with E-state index in [0.29, 0.717) is 5.13 Å². The zero-order valence-corrected chi connectivity index (χ0v) is 15.7. The summed E-state index contributed by atoms with van der Waals surface area (Å²) in [6, 6.07) is 0.808. The van der Waals surface area contributed by atoms with Crippen LogP contribution in [0, 0.1) is 0 Å². The van der Waals surface area contributed by atoms with Gasteiger partial charge >= 0.3 is 0 Å². The first-order chi connectivity index (χ1) is 12.2. The van der Waals surface area contributed by atoms with E-state index in [1.807, 2.05) is 11.8 Å². The van der Waals surface area contributed by atoms with Gasteiger partial charge in [0.2, 0.25) is 16.9 Å². The molecule has 2 heterocycles. The largest absolute Gasteiger partial charge is 0.331 e. The monoisotopic (exact) mass is 366 g/mol. The smallest absolute Gasteiger partial charge is 0.226 e. The van der Waals surface area contributed by atoms with Gasteiger partial charge in [0.1, 0.15) is 5.01 Å². The first-order valence-corrected chi connectivity index (χ1v) is 10.2. The number of carbonyl (C=O) groups excluding carboxylic acids is 2. The normalized spacial score (nSPS) is 19.3. The van der Waals surface area contributed by atoms with Crippen molar-refractivity contribution in [1.29, 1.82) is 0 Å². The molecule has 1 aromatic heterocycles. The van der Waals surface area contributed by atoms with E-state index in [1.165, 1.54) is 37.0 Å². The number of piperazine rings is 1. The SMILES string of the molecule is CCc1nnc(NC(=O)CCC(=O)N2CC[NH+](C3CCCC3)CC2)s1. The van der Waals surface area contributed by atoms with Crippen molar-refractivity contribution in [3.8, 4) is 0 Å². The lowest BCUT2D eigenvalue weighted by molar-refractivity contribution is -0.928. The molecule has 0 spiro atoms. The number of quaternary nitrogens is 1. The zero-order valence-electron chi connectivity index (χ0n) is 14.9. The van der Waals surface area contributed by atoms with Crippen LogP contribution < -0.4 is 10.2 Å². The topological polar surface area (TPSA) is 79.6 Å². The highest BCUT2D eigenvalue weighted by atomic mass is 32.1. The van der Waals surface area contributed by atoms with Crippen molar-refractivity contribution in [2.24, 2.45) is 0 Å². The molecule has 3 rings (SSSR count). The molecule has 1 aliphatic heterocycles. The molecule has 2 N–H and O–H groups in total. The van der Waals surface area contributed by atoms with E-state index in [1.54, 1.807) is 4.90 Å². The Morgan fingerprint density at radius 3 is 2.56 bits per heavy atom. The molecule has 8 heteroatoms. The minimum Gasteiger partial charge on any atom is -0.331 e. The van der Waals surface area contributed by atoms with Gasteiger partial charge in [-0.15, -0.1) is 10.2 Å². The van der Waals surface area contributed by atoms with Gasteiger partial charge in [0, 0.05) is 12.8 Å². The minimum absolute atomic E-state index is 0.0899. The van der Waals surface area contributed by atoms with E-state index >= 15 is 0 Å². The van der Waals surface area contributed by atoms with Crippen LogP contribution in [0.15, 0.2) is 0 Å². The van der Waals surface area contributed by atoms with Crippen LogP contribution in [0.2, 0.25) is 0 Å². The van der Waals surface area contributed by atoms with Crippen molar-refractivity contribution in [2.75, 3.05) is 31.5 Å². The predicted octanol–water partition coefficient (Wildman–Crippen LogP) is 0.489. The number of aromatic nitrogens is 2. The molecular formula is C17H28N5O2S+. The maximum absolute atomic E-state index is 12.3. The third-order valence-corrected chi connectivity index (χ3v) is 6.26. The summed E-state index contributed by atoms with van der Waals surface area (Å²) in [6.07, 6.45) is 6.69. The molecule has 2 amide bonds. The maximum Gasteiger partial charge on any atom is 0.226 e. The van der Waals surface area contributed by atoms with Crippen LogP contribution in [-0.4, -0.2) is 59.1 Å². The molecular weight excluding hydrogens is 338 g/mol. The number of hydrogen-bond donors (Lipinski definition) is 2. The van der Waals surface area contributed by atoms with Crippen molar-refractivity contribution >= 4 is 28.3 Å².